The van der Waals surface area contributed by atoms with Crippen LogP contribution >= 0.6 is 12.4 Å². The first-order valence-corrected chi connectivity index (χ1v) is 2.20. The highest BCUT2D eigenvalue weighted by Crippen LogP contribution is 2.08. The molecule has 0 spiro atoms. The third-order valence-corrected chi connectivity index (χ3v) is 0.654. The first-order chi connectivity index (χ1) is 4.04. The predicted octanol–water partition coefficient (Wildman–Crippen LogP) is 0.739. The molecule has 62 valence electrons. The molecule has 1 N–H and O–H groups in total. The molecule has 0 saturated carbocycles. The molecule has 2 nitrogen and oxygen atoms in total. The van der Waals surface area contributed by atoms with E-state index in [2.05, 4.69) is 0 Å². The molecule has 0 aliphatic carbocycles. The van der Waals surface area contributed by atoms with Crippen molar-refractivity contribution in [3.63, 3.8) is 0 Å². The van der Waals surface area contributed by atoms with Crippen molar-refractivity contribution in [3.8, 4) is 0 Å². The highest BCUT2D eigenvalue weighted by molar-refractivity contribution is 5.85. The zero-order chi connectivity index (χ0) is 7.44. The highest BCUT2D eigenvalue weighted by atomic mass is 35.5. The summed E-state index contributed by atoms with van der Waals surface area (Å²) in [5, 5.41) is 15.7. The van der Waals surface area contributed by atoms with Crippen LogP contribution in [0.5, 0.6) is 0 Å². The topological polar surface area (TPSA) is 46.9 Å². The van der Waals surface area contributed by atoms with Gasteiger partial charge in [0.25, 0.3) is 6.43 Å². The molecule has 0 aromatic heterocycles. The van der Waals surface area contributed by atoms with Crippen LogP contribution in [0.25, 0.3) is 0 Å². The molecule has 1 unspecified atom stereocenters. The number of hydrogen-bond acceptors (Lipinski definition) is 2. The van der Waals surface area contributed by atoms with Crippen LogP contribution in [0.3, 0.4) is 0 Å². The maximum absolute atomic E-state index is 11.7. The quantitative estimate of drug-likeness (QED) is 0.500. The standard InChI is InChI=1S/C4H6F3NO.ClH/c5-2(4(6)7)1-3(8)9;/h2,4H,1H2,(H2,8,9);1H/p-1. The van der Waals surface area contributed by atoms with Crippen LogP contribution in [-0.4, -0.2) is 18.5 Å². The fourth-order valence-corrected chi connectivity index (χ4v) is 0.266. The van der Waals surface area contributed by atoms with E-state index in [0.29, 0.717) is 0 Å². The predicted molar refractivity (Wildman–Crippen MR) is 30.5 cm³/mol. The Balaban J connectivity index is 0. The van der Waals surface area contributed by atoms with Gasteiger partial charge in [0.15, 0.2) is 6.17 Å². The van der Waals surface area contributed by atoms with Gasteiger partial charge < -0.3 is 10.5 Å². The molecule has 6 heteroatoms. The fraction of sp³-hybridized carbons (Fsp3) is 0.750. The third kappa shape index (κ3) is 5.68. The molecule has 0 heterocycles. The summed E-state index contributed by atoms with van der Waals surface area (Å²) in [6.45, 7) is 0. The number of hydrogen-bond donors (Lipinski definition) is 1. The van der Waals surface area contributed by atoms with Gasteiger partial charge in [-0.05, 0) is 5.90 Å². The van der Waals surface area contributed by atoms with E-state index in [1.165, 1.54) is 0 Å². The first kappa shape index (κ1) is 12.2. The molecular weight excluding hydrogens is 170 g/mol. The van der Waals surface area contributed by atoms with Gasteiger partial charge in [0.2, 0.25) is 0 Å². The Morgan fingerprint density at radius 2 is 1.80 bits per heavy atom. The van der Waals surface area contributed by atoms with Gasteiger partial charge in [0.05, 0.1) is 0 Å². The van der Waals surface area contributed by atoms with Crippen molar-refractivity contribution in [1.82, 2.24) is 0 Å². The van der Waals surface area contributed by atoms with Gasteiger partial charge in [-0.3, -0.25) is 0 Å². The molecule has 0 aromatic carbocycles. The summed E-state index contributed by atoms with van der Waals surface area (Å²) in [7, 11) is 0. The van der Waals surface area contributed by atoms with Gasteiger partial charge in [0.1, 0.15) is 0 Å². The molecular formula is C4H6ClF3NO-. The summed E-state index contributed by atoms with van der Waals surface area (Å²) in [6, 6.07) is 0. The van der Waals surface area contributed by atoms with Gasteiger partial charge >= 0.3 is 0 Å². The second kappa shape index (κ2) is 5.34. The van der Waals surface area contributed by atoms with Gasteiger partial charge in [-0.25, -0.2) is 13.2 Å². The summed E-state index contributed by atoms with van der Waals surface area (Å²) < 4.78 is 34.0. The fourth-order valence-electron chi connectivity index (χ4n) is 0.266. The van der Waals surface area contributed by atoms with Crippen LogP contribution in [0.15, 0.2) is 0 Å². The smallest absolute Gasteiger partial charge is 0.269 e. The molecule has 0 radical (unpaired) electrons. The summed E-state index contributed by atoms with van der Waals surface area (Å²) in [4.78, 5) is 0. The van der Waals surface area contributed by atoms with Crippen LogP contribution in [0.2, 0.25) is 0 Å². The molecule has 0 aliphatic heterocycles. The zero-order valence-electron chi connectivity index (χ0n) is 4.81. The van der Waals surface area contributed by atoms with E-state index in [1.54, 1.807) is 0 Å². The Kier molecular flexibility index (Phi) is 6.54. The summed E-state index contributed by atoms with van der Waals surface area (Å²) in [5.74, 6) is -1.30. The number of alkyl halides is 3. The SMILES string of the molecule is Cl.N=C([O-])CC(F)C(F)F. The summed E-state index contributed by atoms with van der Waals surface area (Å²) in [6.07, 6.45) is -6.65. The Hall–Kier alpha value is -0.450. The lowest BCUT2D eigenvalue weighted by molar-refractivity contribution is -0.222. The van der Waals surface area contributed by atoms with Crippen molar-refractivity contribution in [3.05, 3.63) is 0 Å². The Morgan fingerprint density at radius 3 is 1.90 bits per heavy atom. The number of halogens is 4. The van der Waals surface area contributed by atoms with E-state index < -0.39 is 24.9 Å². The maximum atomic E-state index is 11.7. The van der Waals surface area contributed by atoms with Crippen molar-refractivity contribution in [2.45, 2.75) is 19.0 Å². The first-order valence-electron chi connectivity index (χ1n) is 2.20. The Morgan fingerprint density at radius 1 is 1.40 bits per heavy atom. The van der Waals surface area contributed by atoms with Gasteiger partial charge in [0, 0.05) is 6.42 Å². The minimum absolute atomic E-state index is 0. The third-order valence-electron chi connectivity index (χ3n) is 0.654. The zero-order valence-corrected chi connectivity index (χ0v) is 5.63. The van der Waals surface area contributed by atoms with Gasteiger partial charge in [-0.1, -0.05) is 0 Å². The van der Waals surface area contributed by atoms with Gasteiger partial charge in [-0.15, -0.1) is 12.4 Å². The Labute approximate surface area is 62.0 Å². The maximum Gasteiger partial charge on any atom is 0.269 e. The van der Waals surface area contributed by atoms with Crippen molar-refractivity contribution < 1.29 is 18.3 Å². The molecule has 0 rings (SSSR count). The van der Waals surface area contributed by atoms with Crippen LogP contribution in [0.1, 0.15) is 6.42 Å². The van der Waals surface area contributed by atoms with E-state index in [-0.39, 0.29) is 12.4 Å². The number of nitrogens with one attached hydrogen (secondary N) is 1. The van der Waals surface area contributed by atoms with Crippen LogP contribution < -0.4 is 5.11 Å². The minimum atomic E-state index is -3.15. The second-order valence-corrected chi connectivity index (χ2v) is 1.48. The molecule has 10 heavy (non-hydrogen) atoms. The molecule has 0 bridgehead atoms. The second-order valence-electron chi connectivity index (χ2n) is 1.48. The van der Waals surface area contributed by atoms with Gasteiger partial charge in [-0.2, -0.15) is 0 Å². The summed E-state index contributed by atoms with van der Waals surface area (Å²) >= 11 is 0. The lowest BCUT2D eigenvalue weighted by Gasteiger charge is -2.09. The lowest BCUT2D eigenvalue weighted by Crippen LogP contribution is -2.24. The minimum Gasteiger partial charge on any atom is -0.862 e. The monoisotopic (exact) mass is 176 g/mol. The van der Waals surface area contributed by atoms with Crippen LogP contribution in [0.4, 0.5) is 13.2 Å². The normalized spacial score (nSPS) is 12.4. The highest BCUT2D eigenvalue weighted by Gasteiger charge is 2.17. The molecule has 0 aliphatic rings. The molecule has 1 atom stereocenters. The Bertz CT molecular complexity index is 111. The van der Waals surface area contributed by atoms with Crippen LogP contribution in [-0.2, 0) is 0 Å². The van der Waals surface area contributed by atoms with Crippen molar-refractivity contribution in [1.29, 1.82) is 5.41 Å². The van der Waals surface area contributed by atoms with Crippen molar-refractivity contribution in [2.24, 2.45) is 0 Å². The molecule has 0 saturated heterocycles. The molecule has 0 aromatic rings. The molecule has 0 amide bonds. The summed E-state index contributed by atoms with van der Waals surface area (Å²) in [5.41, 5.74) is 0. The molecule has 0 fully saturated rings. The lowest BCUT2D eigenvalue weighted by atomic mass is 10.3. The van der Waals surface area contributed by atoms with Crippen molar-refractivity contribution >= 4 is 18.3 Å². The van der Waals surface area contributed by atoms with E-state index in [0.717, 1.165) is 0 Å². The van der Waals surface area contributed by atoms with E-state index in [9.17, 15) is 18.3 Å². The average Bonchev–Trinajstić information content (AvgIpc) is 1.63. The van der Waals surface area contributed by atoms with E-state index in [4.69, 9.17) is 5.41 Å². The van der Waals surface area contributed by atoms with E-state index in [1.807, 2.05) is 0 Å². The van der Waals surface area contributed by atoms with E-state index >= 15 is 0 Å². The largest absolute Gasteiger partial charge is 0.862 e. The van der Waals surface area contributed by atoms with Crippen molar-refractivity contribution in [2.75, 3.05) is 0 Å². The van der Waals surface area contributed by atoms with Crippen LogP contribution in [0, 0.1) is 5.41 Å². The average molecular weight is 177 g/mol. The number of rotatable bonds is 3.